The fourth-order valence-electron chi connectivity index (χ4n) is 6.14. The number of carbonyl (C=O) groups excluding carboxylic acids is 2. The zero-order valence-corrected chi connectivity index (χ0v) is 37.7. The normalized spacial score (nSPS) is 13.9. The number of quaternary nitrogens is 1. The molecule has 0 amide bonds. The number of ether oxygens (including phenoxy) is 2. The second kappa shape index (κ2) is 38.7. The van der Waals surface area contributed by atoms with Crippen LogP contribution in [0.1, 0.15) is 194 Å². The highest BCUT2D eigenvalue weighted by Crippen LogP contribution is 2.38. The minimum atomic E-state index is -4.63. The summed E-state index contributed by atoms with van der Waals surface area (Å²) < 4.78 is 33.9. The Labute approximate surface area is 344 Å². The third kappa shape index (κ3) is 41.9. The van der Waals surface area contributed by atoms with Crippen molar-refractivity contribution in [1.82, 2.24) is 0 Å². The molecule has 2 atom stereocenters. The van der Waals surface area contributed by atoms with Crippen LogP contribution in [0.2, 0.25) is 0 Å². The molecule has 0 saturated heterocycles. The molecule has 56 heavy (non-hydrogen) atoms. The lowest BCUT2D eigenvalue weighted by Gasteiger charge is -2.28. The Kier molecular flexibility index (Phi) is 37.5. The lowest BCUT2D eigenvalue weighted by molar-refractivity contribution is -0.870. The third-order valence-corrected chi connectivity index (χ3v) is 10.6. The van der Waals surface area contributed by atoms with E-state index in [1.807, 2.05) is 21.1 Å². The Morgan fingerprint density at radius 2 is 1.02 bits per heavy atom. The van der Waals surface area contributed by atoms with Crippen molar-refractivity contribution in [3.63, 3.8) is 0 Å². The highest BCUT2D eigenvalue weighted by molar-refractivity contribution is 7.45. The van der Waals surface area contributed by atoms with Crippen molar-refractivity contribution in [2.75, 3.05) is 47.5 Å². The van der Waals surface area contributed by atoms with Gasteiger partial charge >= 0.3 is 11.9 Å². The highest BCUT2D eigenvalue weighted by Gasteiger charge is 2.21. The van der Waals surface area contributed by atoms with Gasteiger partial charge in [0.25, 0.3) is 7.82 Å². The standard InChI is InChI=1S/C46H86NO8P/c1-6-8-10-12-14-16-18-20-22-23-25-26-28-30-32-34-36-38-45(48)52-42-44(43-54-56(50,51)53-41-40-47(3,4)5)55-46(49)39-37-35-33-31-29-27-24-21-19-17-15-13-11-9-7-2/h9,11,15,17,21,24,44H,6-8,10,12-14,16,18-20,22-23,25-43H2,1-5H3/b11-9-,17-15-,24-21-. The Bertz CT molecular complexity index is 1050. The minimum Gasteiger partial charge on any atom is -0.756 e. The van der Waals surface area contributed by atoms with Gasteiger partial charge in [0, 0.05) is 12.8 Å². The van der Waals surface area contributed by atoms with Gasteiger partial charge in [-0.15, -0.1) is 0 Å². The van der Waals surface area contributed by atoms with E-state index in [2.05, 4.69) is 50.3 Å². The van der Waals surface area contributed by atoms with Crippen molar-refractivity contribution >= 4 is 19.8 Å². The molecule has 0 aliphatic carbocycles. The van der Waals surface area contributed by atoms with Crippen LogP contribution in [0.5, 0.6) is 0 Å². The molecular formula is C46H86NO8P. The molecule has 0 rings (SSSR count). The molecule has 10 heteroatoms. The van der Waals surface area contributed by atoms with Crippen molar-refractivity contribution in [2.24, 2.45) is 0 Å². The Balaban J connectivity index is 4.33. The second-order valence-electron chi connectivity index (χ2n) is 16.4. The van der Waals surface area contributed by atoms with E-state index in [0.717, 1.165) is 70.6 Å². The van der Waals surface area contributed by atoms with E-state index in [9.17, 15) is 19.0 Å². The van der Waals surface area contributed by atoms with Crippen LogP contribution in [-0.4, -0.2) is 70.0 Å². The van der Waals surface area contributed by atoms with Gasteiger partial charge in [0.05, 0.1) is 27.7 Å². The van der Waals surface area contributed by atoms with Crippen LogP contribution in [0.25, 0.3) is 0 Å². The Morgan fingerprint density at radius 3 is 1.52 bits per heavy atom. The first-order chi connectivity index (χ1) is 27.0. The van der Waals surface area contributed by atoms with E-state index in [4.69, 9.17) is 18.5 Å². The molecule has 328 valence electrons. The predicted octanol–water partition coefficient (Wildman–Crippen LogP) is 12.3. The highest BCUT2D eigenvalue weighted by atomic mass is 31.2. The fourth-order valence-corrected chi connectivity index (χ4v) is 6.87. The van der Waals surface area contributed by atoms with Gasteiger partial charge in [-0.2, -0.15) is 0 Å². The van der Waals surface area contributed by atoms with Gasteiger partial charge in [-0.05, 0) is 44.9 Å². The second-order valence-corrected chi connectivity index (χ2v) is 17.8. The summed E-state index contributed by atoms with van der Waals surface area (Å²) in [7, 11) is 1.15. The molecule has 0 bridgehead atoms. The van der Waals surface area contributed by atoms with Crippen LogP contribution in [0.3, 0.4) is 0 Å². The number of allylic oxidation sites excluding steroid dienone is 6. The first-order valence-corrected chi connectivity index (χ1v) is 24.2. The van der Waals surface area contributed by atoms with E-state index in [0.29, 0.717) is 17.4 Å². The van der Waals surface area contributed by atoms with Gasteiger partial charge in [0.2, 0.25) is 0 Å². The summed E-state index contributed by atoms with van der Waals surface area (Å²) in [5.41, 5.74) is 0. The lowest BCUT2D eigenvalue weighted by atomic mass is 10.0. The smallest absolute Gasteiger partial charge is 0.306 e. The number of unbranched alkanes of at least 4 members (excludes halogenated alkanes) is 21. The molecule has 0 aromatic rings. The maximum Gasteiger partial charge on any atom is 0.306 e. The van der Waals surface area contributed by atoms with Crippen molar-refractivity contribution < 1.29 is 42.1 Å². The molecule has 0 fully saturated rings. The van der Waals surface area contributed by atoms with E-state index in [-0.39, 0.29) is 32.0 Å². The summed E-state index contributed by atoms with van der Waals surface area (Å²) >= 11 is 0. The largest absolute Gasteiger partial charge is 0.756 e. The van der Waals surface area contributed by atoms with Gasteiger partial charge in [-0.25, -0.2) is 0 Å². The lowest BCUT2D eigenvalue weighted by Crippen LogP contribution is -2.37. The molecular weight excluding hydrogens is 725 g/mol. The van der Waals surface area contributed by atoms with E-state index in [1.165, 1.54) is 89.9 Å². The molecule has 0 radical (unpaired) electrons. The van der Waals surface area contributed by atoms with E-state index in [1.54, 1.807) is 0 Å². The zero-order valence-electron chi connectivity index (χ0n) is 36.8. The number of esters is 2. The van der Waals surface area contributed by atoms with Crippen LogP contribution in [0, 0.1) is 0 Å². The predicted molar refractivity (Wildman–Crippen MR) is 231 cm³/mol. The first kappa shape index (κ1) is 54.2. The first-order valence-electron chi connectivity index (χ1n) is 22.7. The molecule has 0 spiro atoms. The quantitative estimate of drug-likeness (QED) is 0.0197. The SMILES string of the molecule is CC/C=C\C/C=C\C/C=C\CCCCCCCC(=O)OC(COC(=O)CCCCCCCCCCCCCCCCCCC)COP(=O)([O-])OCC[N+](C)(C)C. The van der Waals surface area contributed by atoms with Gasteiger partial charge < -0.3 is 27.9 Å². The van der Waals surface area contributed by atoms with Crippen molar-refractivity contribution in [3.05, 3.63) is 36.5 Å². The average Bonchev–Trinajstić information content (AvgIpc) is 3.15. The molecule has 0 aliphatic heterocycles. The Morgan fingerprint density at radius 1 is 0.571 bits per heavy atom. The number of phosphoric ester groups is 1. The molecule has 0 heterocycles. The Hall–Kier alpha value is -1.77. The van der Waals surface area contributed by atoms with Crippen molar-refractivity contribution in [2.45, 2.75) is 200 Å². The molecule has 0 N–H and O–H groups in total. The van der Waals surface area contributed by atoms with Crippen LogP contribution in [-0.2, 0) is 32.7 Å². The number of phosphoric acid groups is 1. The van der Waals surface area contributed by atoms with Crippen LogP contribution in [0.4, 0.5) is 0 Å². The van der Waals surface area contributed by atoms with Crippen molar-refractivity contribution in [3.8, 4) is 0 Å². The van der Waals surface area contributed by atoms with Crippen LogP contribution < -0.4 is 4.89 Å². The number of nitrogens with zero attached hydrogens (tertiary/aromatic N) is 1. The molecule has 0 saturated carbocycles. The van der Waals surface area contributed by atoms with E-state index < -0.39 is 26.5 Å². The topological polar surface area (TPSA) is 111 Å². The van der Waals surface area contributed by atoms with Crippen LogP contribution in [0.15, 0.2) is 36.5 Å². The van der Waals surface area contributed by atoms with Crippen LogP contribution >= 0.6 is 7.82 Å². The summed E-state index contributed by atoms with van der Waals surface area (Å²) in [6.07, 6.45) is 43.1. The number of hydrogen-bond donors (Lipinski definition) is 0. The summed E-state index contributed by atoms with van der Waals surface area (Å²) in [6.45, 7) is 4.11. The molecule has 0 aliphatic rings. The third-order valence-electron chi connectivity index (χ3n) is 9.67. The van der Waals surface area contributed by atoms with Gasteiger partial charge in [-0.3, -0.25) is 14.2 Å². The maximum absolute atomic E-state index is 12.7. The molecule has 0 aromatic carbocycles. The van der Waals surface area contributed by atoms with Gasteiger partial charge in [0.1, 0.15) is 19.8 Å². The molecule has 2 unspecified atom stereocenters. The van der Waals surface area contributed by atoms with Crippen molar-refractivity contribution in [1.29, 1.82) is 0 Å². The fraction of sp³-hybridized carbons (Fsp3) is 0.826. The molecule has 0 aromatic heterocycles. The number of carbonyl (C=O) groups is 2. The zero-order chi connectivity index (χ0) is 41.4. The number of hydrogen-bond acceptors (Lipinski definition) is 8. The minimum absolute atomic E-state index is 0.0338. The monoisotopic (exact) mass is 812 g/mol. The summed E-state index contributed by atoms with van der Waals surface area (Å²) in [6, 6.07) is 0. The summed E-state index contributed by atoms with van der Waals surface area (Å²) in [5, 5.41) is 0. The van der Waals surface area contributed by atoms with Gasteiger partial charge in [-0.1, -0.05) is 172 Å². The number of rotatable bonds is 41. The molecule has 9 nitrogen and oxygen atoms in total. The summed E-state index contributed by atoms with van der Waals surface area (Å²) in [5.74, 6) is -0.849. The maximum atomic E-state index is 12.7. The van der Waals surface area contributed by atoms with Gasteiger partial charge in [0.15, 0.2) is 6.10 Å². The number of likely N-dealkylation sites (N-methyl/N-ethyl adjacent to an activating group) is 1. The average molecular weight is 812 g/mol. The van der Waals surface area contributed by atoms with E-state index >= 15 is 0 Å². The summed E-state index contributed by atoms with van der Waals surface area (Å²) in [4.78, 5) is 37.5.